The molecule has 0 saturated heterocycles. The summed E-state index contributed by atoms with van der Waals surface area (Å²) in [5.41, 5.74) is 2.31. The van der Waals surface area contributed by atoms with Crippen LogP contribution in [-0.4, -0.2) is 11.9 Å². The van der Waals surface area contributed by atoms with Crippen LogP contribution in [0.2, 0.25) is 0 Å². The maximum Gasteiger partial charge on any atom is 0.133 e. The van der Waals surface area contributed by atoms with Gasteiger partial charge in [0.1, 0.15) is 5.58 Å². The summed E-state index contributed by atoms with van der Waals surface area (Å²) in [6.07, 6.45) is 5.17. The summed E-state index contributed by atoms with van der Waals surface area (Å²) in [7, 11) is 0. The second-order valence-corrected chi connectivity index (χ2v) is 4.66. The van der Waals surface area contributed by atoms with Crippen molar-refractivity contribution < 1.29 is 4.42 Å². The second kappa shape index (κ2) is 6.12. The molecular weight excluding hydrogens is 230 g/mol. The Kier molecular flexibility index (Phi) is 4.51. The van der Waals surface area contributed by atoms with Crippen LogP contribution in [0.15, 0.2) is 34.9 Å². The van der Waals surface area contributed by atoms with E-state index in [2.05, 4.69) is 37.0 Å². The molecule has 17 heavy (non-hydrogen) atoms. The molecule has 1 atom stereocenters. The fourth-order valence-electron chi connectivity index (χ4n) is 2.18. The molecule has 2 nitrogen and oxygen atoms in total. The van der Waals surface area contributed by atoms with Crippen LogP contribution in [0.1, 0.15) is 25.3 Å². The zero-order valence-electron chi connectivity index (χ0n) is 10.1. The fraction of sp³-hybridized carbons (Fsp3) is 0.429. The van der Waals surface area contributed by atoms with E-state index in [-0.39, 0.29) is 0 Å². The third-order valence-corrected chi connectivity index (χ3v) is 3.20. The summed E-state index contributed by atoms with van der Waals surface area (Å²) in [4.78, 5) is 0. The molecule has 1 aromatic carbocycles. The van der Waals surface area contributed by atoms with Crippen LogP contribution >= 0.6 is 12.6 Å². The molecule has 0 aliphatic heterocycles. The van der Waals surface area contributed by atoms with Crippen LogP contribution in [0, 0.1) is 0 Å². The minimum Gasteiger partial charge on any atom is -0.464 e. The molecule has 1 heterocycles. The molecule has 92 valence electrons. The summed E-state index contributed by atoms with van der Waals surface area (Å²) in [6, 6.07) is 8.94. The molecule has 3 heteroatoms. The van der Waals surface area contributed by atoms with Gasteiger partial charge < -0.3 is 9.73 Å². The van der Waals surface area contributed by atoms with Gasteiger partial charge in [-0.05, 0) is 36.6 Å². The quantitative estimate of drug-likeness (QED) is 0.604. The Morgan fingerprint density at radius 2 is 2.24 bits per heavy atom. The molecule has 0 saturated carbocycles. The van der Waals surface area contributed by atoms with Gasteiger partial charge in [0.25, 0.3) is 0 Å². The largest absolute Gasteiger partial charge is 0.464 e. The molecule has 2 rings (SSSR count). The topological polar surface area (TPSA) is 25.2 Å². The van der Waals surface area contributed by atoms with Gasteiger partial charge in [0.15, 0.2) is 0 Å². The van der Waals surface area contributed by atoms with E-state index in [1.165, 1.54) is 23.8 Å². The highest BCUT2D eigenvalue weighted by atomic mass is 32.1. The predicted octanol–water partition coefficient (Wildman–Crippen LogP) is 3.62. The van der Waals surface area contributed by atoms with Crippen molar-refractivity contribution in [1.82, 2.24) is 5.32 Å². The summed E-state index contributed by atoms with van der Waals surface area (Å²) < 4.78 is 5.35. The van der Waals surface area contributed by atoms with Gasteiger partial charge in [0, 0.05) is 17.3 Å². The van der Waals surface area contributed by atoms with Crippen LogP contribution in [-0.2, 0) is 6.42 Å². The van der Waals surface area contributed by atoms with E-state index in [1.807, 2.05) is 12.1 Å². The second-order valence-electron chi connectivity index (χ2n) is 4.34. The molecule has 1 N–H and O–H groups in total. The maximum absolute atomic E-state index is 5.35. The molecule has 0 bridgehead atoms. The number of hydrogen-bond acceptors (Lipinski definition) is 3. The van der Waals surface area contributed by atoms with Crippen molar-refractivity contribution in [2.75, 3.05) is 5.88 Å². The third kappa shape index (κ3) is 3.27. The average Bonchev–Trinajstić information content (AvgIpc) is 2.77. The minimum atomic E-state index is 0.516. The lowest BCUT2D eigenvalue weighted by atomic mass is 10.0. The zero-order chi connectivity index (χ0) is 12.1. The van der Waals surface area contributed by atoms with E-state index in [1.54, 1.807) is 6.26 Å². The van der Waals surface area contributed by atoms with E-state index >= 15 is 0 Å². The highest BCUT2D eigenvalue weighted by Gasteiger charge is 2.08. The number of fused-ring (bicyclic) bond motifs is 1. The first-order valence-electron chi connectivity index (χ1n) is 6.14. The highest BCUT2D eigenvalue weighted by Crippen LogP contribution is 2.18. The Morgan fingerprint density at radius 1 is 1.35 bits per heavy atom. The molecule has 1 aromatic heterocycles. The average molecular weight is 249 g/mol. The SMILES string of the molecule is CCCC(Cc1ccc2occc2c1)NCS. The Balaban J connectivity index is 2.09. The summed E-state index contributed by atoms with van der Waals surface area (Å²) in [5, 5.41) is 4.60. The minimum absolute atomic E-state index is 0.516. The predicted molar refractivity (Wildman–Crippen MR) is 75.6 cm³/mol. The number of nitrogens with one attached hydrogen (secondary N) is 1. The van der Waals surface area contributed by atoms with Crippen LogP contribution in [0.4, 0.5) is 0 Å². The van der Waals surface area contributed by atoms with Crippen LogP contribution in [0.25, 0.3) is 11.0 Å². The first-order valence-corrected chi connectivity index (χ1v) is 6.77. The third-order valence-electron chi connectivity index (χ3n) is 3.02. The van der Waals surface area contributed by atoms with Gasteiger partial charge in [0.2, 0.25) is 0 Å². The smallest absolute Gasteiger partial charge is 0.133 e. The summed E-state index contributed by atoms with van der Waals surface area (Å²) >= 11 is 4.24. The number of rotatable bonds is 6. The standard InChI is InChI=1S/C14H19NOS/c1-2-3-13(15-10-17)9-11-4-5-14-12(8-11)6-7-16-14/h4-8,13,15,17H,2-3,9-10H2,1H3. The fourth-order valence-corrected chi connectivity index (χ4v) is 2.44. The first-order chi connectivity index (χ1) is 8.33. The van der Waals surface area contributed by atoms with Crippen LogP contribution in [0.5, 0.6) is 0 Å². The van der Waals surface area contributed by atoms with Crippen molar-refractivity contribution in [2.45, 2.75) is 32.2 Å². The molecule has 0 aliphatic carbocycles. The van der Waals surface area contributed by atoms with Gasteiger partial charge in [-0.1, -0.05) is 19.4 Å². The monoisotopic (exact) mass is 249 g/mol. The summed E-state index contributed by atoms with van der Waals surface area (Å²) in [5.74, 6) is 0.735. The van der Waals surface area contributed by atoms with Crippen molar-refractivity contribution in [1.29, 1.82) is 0 Å². The molecule has 0 aliphatic rings. The normalized spacial score (nSPS) is 13.1. The highest BCUT2D eigenvalue weighted by molar-refractivity contribution is 7.80. The van der Waals surface area contributed by atoms with Gasteiger partial charge >= 0.3 is 0 Å². The van der Waals surface area contributed by atoms with Gasteiger partial charge in [-0.3, -0.25) is 0 Å². The molecule has 1 unspecified atom stereocenters. The number of benzene rings is 1. The van der Waals surface area contributed by atoms with Crippen molar-refractivity contribution in [3.63, 3.8) is 0 Å². The molecule has 0 radical (unpaired) electrons. The maximum atomic E-state index is 5.35. The van der Waals surface area contributed by atoms with Crippen molar-refractivity contribution in [2.24, 2.45) is 0 Å². The zero-order valence-corrected chi connectivity index (χ0v) is 11.0. The molecule has 0 amide bonds. The van der Waals surface area contributed by atoms with Crippen molar-refractivity contribution in [3.8, 4) is 0 Å². The van der Waals surface area contributed by atoms with E-state index in [0.29, 0.717) is 6.04 Å². The molecule has 0 spiro atoms. The Labute approximate surface area is 108 Å². The lowest BCUT2D eigenvalue weighted by Crippen LogP contribution is -2.29. The van der Waals surface area contributed by atoms with E-state index < -0.39 is 0 Å². The van der Waals surface area contributed by atoms with Crippen LogP contribution in [0.3, 0.4) is 0 Å². The Hall–Kier alpha value is -0.930. The van der Waals surface area contributed by atoms with Crippen LogP contribution < -0.4 is 5.32 Å². The Morgan fingerprint density at radius 3 is 3.00 bits per heavy atom. The van der Waals surface area contributed by atoms with Gasteiger partial charge in [0.05, 0.1) is 6.26 Å². The van der Waals surface area contributed by atoms with Gasteiger partial charge in [-0.15, -0.1) is 0 Å². The summed E-state index contributed by atoms with van der Waals surface area (Å²) in [6.45, 7) is 2.21. The number of furan rings is 1. The van der Waals surface area contributed by atoms with Gasteiger partial charge in [-0.25, -0.2) is 0 Å². The van der Waals surface area contributed by atoms with E-state index in [4.69, 9.17) is 4.42 Å². The number of hydrogen-bond donors (Lipinski definition) is 2. The number of thiol groups is 1. The van der Waals surface area contributed by atoms with Crippen molar-refractivity contribution in [3.05, 3.63) is 36.1 Å². The first kappa shape index (κ1) is 12.5. The van der Waals surface area contributed by atoms with E-state index in [0.717, 1.165) is 17.9 Å². The van der Waals surface area contributed by atoms with E-state index in [9.17, 15) is 0 Å². The lowest BCUT2D eigenvalue weighted by Gasteiger charge is -2.16. The molecular formula is C14H19NOS. The Bertz CT molecular complexity index is 460. The molecule has 2 aromatic rings. The van der Waals surface area contributed by atoms with Gasteiger partial charge in [-0.2, -0.15) is 12.6 Å². The lowest BCUT2D eigenvalue weighted by molar-refractivity contribution is 0.507. The van der Waals surface area contributed by atoms with Crippen molar-refractivity contribution >= 4 is 23.6 Å². The molecule has 0 fully saturated rings.